The number of methoxy groups -OCH3 is 1. The standard InChI is InChI=1S/C24H22ClN3O3S/c1-13-5-7-17(14(2)9-13)18-11-32-23-21(18)24(30)28(12-26-23)15(3)22(29)27-19-10-16(25)6-8-20(19)31-4/h5-12,15H,1-4H3,(H,27,29). The number of aryl methyl sites for hydroxylation is 2. The molecule has 2 heterocycles. The van der Waals surface area contributed by atoms with Crippen LogP contribution in [0.4, 0.5) is 5.69 Å². The number of hydrogen-bond acceptors (Lipinski definition) is 5. The zero-order chi connectivity index (χ0) is 23.0. The molecule has 2 aromatic heterocycles. The van der Waals surface area contributed by atoms with Crippen molar-refractivity contribution in [3.05, 3.63) is 74.6 Å². The van der Waals surface area contributed by atoms with Gasteiger partial charge in [0.15, 0.2) is 0 Å². The Morgan fingerprint density at radius 1 is 1.19 bits per heavy atom. The number of halogens is 1. The summed E-state index contributed by atoms with van der Waals surface area (Å²) in [5.74, 6) is 0.1000. The van der Waals surface area contributed by atoms with Crippen LogP contribution in [0.2, 0.25) is 5.02 Å². The first kappa shape index (κ1) is 22.0. The van der Waals surface area contributed by atoms with Crippen molar-refractivity contribution in [3.8, 4) is 16.9 Å². The molecule has 0 saturated heterocycles. The van der Waals surface area contributed by atoms with E-state index < -0.39 is 6.04 Å². The first-order valence-electron chi connectivity index (χ1n) is 10.0. The van der Waals surface area contributed by atoms with Crippen LogP contribution in [0.15, 0.2) is 52.9 Å². The molecule has 0 saturated carbocycles. The lowest BCUT2D eigenvalue weighted by Crippen LogP contribution is -2.31. The Morgan fingerprint density at radius 3 is 2.69 bits per heavy atom. The first-order valence-corrected chi connectivity index (χ1v) is 11.3. The molecule has 4 aromatic rings. The van der Waals surface area contributed by atoms with Gasteiger partial charge in [-0.1, -0.05) is 35.4 Å². The third-order valence-electron chi connectivity index (χ3n) is 5.41. The van der Waals surface area contributed by atoms with E-state index in [0.29, 0.717) is 26.7 Å². The topological polar surface area (TPSA) is 73.2 Å². The number of benzene rings is 2. The Labute approximate surface area is 194 Å². The number of carbonyl (C=O) groups is 1. The van der Waals surface area contributed by atoms with Crippen LogP contribution in [0.5, 0.6) is 5.75 Å². The van der Waals surface area contributed by atoms with Crippen molar-refractivity contribution < 1.29 is 9.53 Å². The maximum atomic E-state index is 13.4. The van der Waals surface area contributed by atoms with Crippen LogP contribution >= 0.6 is 22.9 Å². The van der Waals surface area contributed by atoms with E-state index >= 15 is 0 Å². The van der Waals surface area contributed by atoms with E-state index in [0.717, 1.165) is 22.3 Å². The molecule has 1 amide bonds. The quantitative estimate of drug-likeness (QED) is 0.414. The summed E-state index contributed by atoms with van der Waals surface area (Å²) in [4.78, 5) is 31.5. The highest BCUT2D eigenvalue weighted by Crippen LogP contribution is 2.33. The predicted octanol–water partition coefficient (Wildman–Crippen LogP) is 5.60. The molecule has 0 aliphatic carbocycles. The number of fused-ring (bicyclic) bond motifs is 1. The van der Waals surface area contributed by atoms with Gasteiger partial charge in [0.2, 0.25) is 5.91 Å². The van der Waals surface area contributed by atoms with Gasteiger partial charge in [-0.25, -0.2) is 4.98 Å². The third-order valence-corrected chi connectivity index (χ3v) is 6.53. The highest BCUT2D eigenvalue weighted by molar-refractivity contribution is 7.17. The van der Waals surface area contributed by atoms with Crippen LogP contribution in [0, 0.1) is 13.8 Å². The van der Waals surface area contributed by atoms with Gasteiger partial charge in [0.25, 0.3) is 5.56 Å². The summed E-state index contributed by atoms with van der Waals surface area (Å²) in [5.41, 5.74) is 4.23. The Morgan fingerprint density at radius 2 is 1.97 bits per heavy atom. The molecule has 0 radical (unpaired) electrons. The maximum absolute atomic E-state index is 13.4. The molecule has 0 fully saturated rings. The highest BCUT2D eigenvalue weighted by atomic mass is 35.5. The Bertz CT molecular complexity index is 1390. The van der Waals surface area contributed by atoms with Crippen molar-refractivity contribution in [2.45, 2.75) is 26.8 Å². The van der Waals surface area contributed by atoms with Gasteiger partial charge < -0.3 is 10.1 Å². The Hall–Kier alpha value is -3.16. The summed E-state index contributed by atoms with van der Waals surface area (Å²) in [6.45, 7) is 5.71. The number of anilines is 1. The number of ether oxygens (including phenoxy) is 1. The summed E-state index contributed by atoms with van der Waals surface area (Å²) in [7, 11) is 1.51. The number of aromatic nitrogens is 2. The fourth-order valence-corrected chi connectivity index (χ4v) is 4.75. The van der Waals surface area contributed by atoms with Gasteiger partial charge >= 0.3 is 0 Å². The fourth-order valence-electron chi connectivity index (χ4n) is 3.68. The summed E-state index contributed by atoms with van der Waals surface area (Å²) >= 11 is 7.48. The third kappa shape index (κ3) is 4.01. The number of hydrogen-bond donors (Lipinski definition) is 1. The van der Waals surface area contributed by atoms with Gasteiger partial charge in [-0.3, -0.25) is 14.2 Å². The molecule has 8 heteroatoms. The van der Waals surface area contributed by atoms with Gasteiger partial charge in [-0.2, -0.15) is 0 Å². The minimum atomic E-state index is -0.796. The predicted molar refractivity (Wildman–Crippen MR) is 130 cm³/mol. The van der Waals surface area contributed by atoms with Crippen LogP contribution in [0.25, 0.3) is 21.3 Å². The zero-order valence-electron chi connectivity index (χ0n) is 18.1. The van der Waals surface area contributed by atoms with Crippen molar-refractivity contribution in [3.63, 3.8) is 0 Å². The Balaban J connectivity index is 1.73. The molecule has 0 spiro atoms. The van der Waals surface area contributed by atoms with E-state index in [1.165, 1.54) is 29.3 Å². The van der Waals surface area contributed by atoms with Crippen LogP contribution in [0.3, 0.4) is 0 Å². The van der Waals surface area contributed by atoms with Gasteiger partial charge in [-0.05, 0) is 50.1 Å². The number of thiophene rings is 1. The normalized spacial score (nSPS) is 12.0. The summed E-state index contributed by atoms with van der Waals surface area (Å²) < 4.78 is 6.64. The molecule has 1 unspecified atom stereocenters. The molecular weight excluding hydrogens is 446 g/mol. The summed E-state index contributed by atoms with van der Waals surface area (Å²) in [6, 6.07) is 10.3. The van der Waals surface area contributed by atoms with E-state index in [2.05, 4.69) is 16.4 Å². The van der Waals surface area contributed by atoms with Crippen LogP contribution in [-0.2, 0) is 4.79 Å². The van der Waals surface area contributed by atoms with E-state index in [-0.39, 0.29) is 11.5 Å². The van der Waals surface area contributed by atoms with Crippen molar-refractivity contribution in [2.75, 3.05) is 12.4 Å². The van der Waals surface area contributed by atoms with Gasteiger partial charge in [-0.15, -0.1) is 11.3 Å². The van der Waals surface area contributed by atoms with E-state index in [9.17, 15) is 9.59 Å². The van der Waals surface area contributed by atoms with Gasteiger partial charge in [0.05, 0.1) is 24.5 Å². The molecule has 2 aromatic carbocycles. The van der Waals surface area contributed by atoms with Crippen LogP contribution < -0.4 is 15.6 Å². The van der Waals surface area contributed by atoms with E-state index in [1.807, 2.05) is 31.4 Å². The smallest absolute Gasteiger partial charge is 0.263 e. The zero-order valence-corrected chi connectivity index (χ0v) is 19.7. The SMILES string of the molecule is COc1ccc(Cl)cc1NC(=O)C(C)n1cnc2scc(-c3ccc(C)cc3C)c2c1=O. The lowest BCUT2D eigenvalue weighted by molar-refractivity contribution is -0.118. The minimum Gasteiger partial charge on any atom is -0.495 e. The minimum absolute atomic E-state index is 0.257. The second-order valence-electron chi connectivity index (χ2n) is 7.61. The fraction of sp³-hybridized carbons (Fsp3) is 0.208. The number of rotatable bonds is 5. The highest BCUT2D eigenvalue weighted by Gasteiger charge is 2.22. The number of carbonyl (C=O) groups excluding carboxylic acids is 1. The largest absolute Gasteiger partial charge is 0.495 e. The molecule has 164 valence electrons. The molecule has 4 rings (SSSR count). The lowest BCUT2D eigenvalue weighted by atomic mass is 9.99. The molecule has 1 N–H and O–H groups in total. The second kappa shape index (κ2) is 8.76. The monoisotopic (exact) mass is 467 g/mol. The maximum Gasteiger partial charge on any atom is 0.263 e. The van der Waals surface area contributed by atoms with Gasteiger partial charge in [0.1, 0.15) is 16.6 Å². The van der Waals surface area contributed by atoms with Crippen LogP contribution in [-0.4, -0.2) is 22.6 Å². The van der Waals surface area contributed by atoms with Crippen molar-refractivity contribution in [1.82, 2.24) is 9.55 Å². The lowest BCUT2D eigenvalue weighted by Gasteiger charge is -2.17. The average molecular weight is 468 g/mol. The number of nitrogens with zero attached hydrogens (tertiary/aromatic N) is 2. The molecule has 6 nitrogen and oxygen atoms in total. The molecule has 0 aliphatic rings. The van der Waals surface area contributed by atoms with Crippen LogP contribution in [0.1, 0.15) is 24.1 Å². The molecule has 1 atom stereocenters. The van der Waals surface area contributed by atoms with E-state index in [4.69, 9.17) is 16.3 Å². The molecule has 0 bridgehead atoms. The number of nitrogens with one attached hydrogen (secondary N) is 1. The van der Waals surface area contributed by atoms with Gasteiger partial charge in [0, 0.05) is 16.0 Å². The molecular formula is C24H22ClN3O3S. The van der Waals surface area contributed by atoms with Crippen molar-refractivity contribution in [2.24, 2.45) is 0 Å². The second-order valence-corrected chi connectivity index (χ2v) is 8.91. The average Bonchev–Trinajstić information content (AvgIpc) is 3.18. The molecule has 0 aliphatic heterocycles. The molecule has 32 heavy (non-hydrogen) atoms. The Kier molecular flexibility index (Phi) is 6.04. The first-order chi connectivity index (χ1) is 15.3. The van der Waals surface area contributed by atoms with Crippen molar-refractivity contribution in [1.29, 1.82) is 0 Å². The van der Waals surface area contributed by atoms with Crippen molar-refractivity contribution >= 4 is 44.7 Å². The summed E-state index contributed by atoms with van der Waals surface area (Å²) in [5, 5.41) is 5.73. The van der Waals surface area contributed by atoms with E-state index in [1.54, 1.807) is 25.1 Å². The number of amides is 1. The summed E-state index contributed by atoms with van der Waals surface area (Å²) in [6.07, 6.45) is 1.42.